The van der Waals surface area contributed by atoms with Crippen LogP contribution in [0.4, 0.5) is 0 Å². The topological polar surface area (TPSA) is 6.48 Å². The van der Waals surface area contributed by atoms with Crippen LogP contribution in [0.25, 0.3) is 0 Å². The quantitative estimate of drug-likeness (QED) is 0.486. The molecule has 3 heteroatoms. The summed E-state index contributed by atoms with van der Waals surface area (Å²) in [4.78, 5) is 0. The molecule has 0 amide bonds. The van der Waals surface area contributed by atoms with Gasteiger partial charge in [0.25, 0.3) is 0 Å². The molecule has 8 heavy (non-hydrogen) atoms. The maximum absolute atomic E-state index is 3.25. The van der Waals surface area contributed by atoms with E-state index in [4.69, 9.17) is 0 Å². The van der Waals surface area contributed by atoms with Gasteiger partial charge in [0.2, 0.25) is 0 Å². The molecule has 3 heterocycles. The molecule has 0 saturated carbocycles. The Balaban J connectivity index is 0.000000147. The number of nitrogens with zero attached hydrogens (tertiary/aromatic N) is 2. The number of hydrogen-bond acceptors (Lipinski definition) is 2. The van der Waals surface area contributed by atoms with Crippen molar-refractivity contribution in [3.05, 3.63) is 19.3 Å². The molecule has 0 N–H and O–H groups in total. The van der Waals surface area contributed by atoms with Crippen molar-refractivity contribution >= 4 is 0 Å². The monoisotopic (exact) mass is 161 g/mol. The molecule has 0 aliphatic carbocycles. The van der Waals surface area contributed by atoms with E-state index in [0.29, 0.717) is 0 Å². The van der Waals surface area contributed by atoms with E-state index in [1.807, 2.05) is 0 Å². The Morgan fingerprint density at radius 2 is 1.75 bits per heavy atom. The molecule has 1 saturated heterocycles. The standard InChI is InChI=1S/C3H4N2.C2H5.Zn/c1-2-5-3-4-1;1-2;/h1-2H,3H2;1H2,2H3;/q-2;;+2. The van der Waals surface area contributed by atoms with Crippen LogP contribution in [0, 0.1) is 6.92 Å². The third kappa shape index (κ3) is 0.874. The summed E-state index contributed by atoms with van der Waals surface area (Å²) in [6.07, 6.45) is 4.39. The summed E-state index contributed by atoms with van der Waals surface area (Å²) < 4.78 is 4.88. The van der Waals surface area contributed by atoms with Gasteiger partial charge in [-0.05, 0) is 0 Å². The molecule has 1 fully saturated rings. The average molecular weight is 163 g/mol. The van der Waals surface area contributed by atoms with E-state index in [1.165, 1.54) is 6.67 Å². The minimum Gasteiger partial charge on any atom is -0.0654 e. The van der Waals surface area contributed by atoms with Crippen molar-refractivity contribution in [2.45, 2.75) is 6.92 Å². The molecule has 1 radical (unpaired) electrons. The average Bonchev–Trinajstić information content (AvgIpc) is 2.24. The van der Waals surface area contributed by atoms with Gasteiger partial charge in [0.15, 0.2) is 0 Å². The fraction of sp³-hybridized carbons (Fsp3) is 0.400. The zero-order valence-corrected chi connectivity index (χ0v) is 8.14. The molecule has 41 valence electrons. The van der Waals surface area contributed by atoms with Crippen molar-refractivity contribution < 1.29 is 17.6 Å². The van der Waals surface area contributed by atoms with E-state index < -0.39 is 0 Å². The van der Waals surface area contributed by atoms with Gasteiger partial charge in [-0.1, -0.05) is 13.8 Å². The first-order valence-electron chi connectivity index (χ1n) is 2.82. The molecule has 0 aromatic heterocycles. The second-order valence-electron chi connectivity index (χ2n) is 1.76. The van der Waals surface area contributed by atoms with Crippen LogP contribution in [0.1, 0.15) is 6.92 Å². The van der Waals surface area contributed by atoms with Gasteiger partial charge in [-0.3, -0.25) is 0 Å². The van der Waals surface area contributed by atoms with E-state index >= 15 is 0 Å². The second-order valence-corrected chi connectivity index (χ2v) is 5.76. The second kappa shape index (κ2) is 2.49. The molecule has 2 nitrogen and oxygen atoms in total. The zero-order chi connectivity index (χ0) is 5.98. The summed E-state index contributed by atoms with van der Waals surface area (Å²) >= 11 is -0.236. The van der Waals surface area contributed by atoms with E-state index in [9.17, 15) is 0 Å². The van der Waals surface area contributed by atoms with Crippen LogP contribution in [0.15, 0.2) is 12.4 Å². The van der Waals surface area contributed by atoms with Gasteiger partial charge in [-0.2, -0.15) is 0 Å². The summed E-state index contributed by atoms with van der Waals surface area (Å²) in [7, 11) is 0. The third-order valence-electron chi connectivity index (χ3n) is 1.21. The summed E-state index contributed by atoms with van der Waals surface area (Å²) in [6.45, 7) is 6.22. The molecule has 3 rings (SSSR count). The maximum atomic E-state index is 3.25. The van der Waals surface area contributed by atoms with Crippen molar-refractivity contribution in [1.29, 1.82) is 0 Å². The fourth-order valence-electron chi connectivity index (χ4n) is 0.802. The first-order chi connectivity index (χ1) is 3.95. The Labute approximate surface area is 58.3 Å². The smallest absolute Gasteiger partial charge is 0.0564 e. The van der Waals surface area contributed by atoms with Crippen LogP contribution in [-0.2, 0) is 17.6 Å². The Hall–Kier alpha value is -0.0366. The van der Waals surface area contributed by atoms with E-state index in [2.05, 4.69) is 26.6 Å². The minimum atomic E-state index is -0.236. The van der Waals surface area contributed by atoms with Crippen LogP contribution < -0.4 is 0 Å². The molecular formula is C5H9N2Zn. The van der Waals surface area contributed by atoms with Crippen molar-refractivity contribution in [2.75, 3.05) is 6.67 Å². The SMILES string of the molecule is C1=C[N]2C[N]1[Zn]2.[CH2]C. The van der Waals surface area contributed by atoms with Gasteiger partial charge in [0, 0.05) is 0 Å². The van der Waals surface area contributed by atoms with Crippen molar-refractivity contribution in [3.63, 3.8) is 0 Å². The van der Waals surface area contributed by atoms with Crippen LogP contribution in [0.5, 0.6) is 0 Å². The van der Waals surface area contributed by atoms with Crippen LogP contribution >= 0.6 is 0 Å². The minimum absolute atomic E-state index is 0.236. The Morgan fingerprint density at radius 1 is 1.38 bits per heavy atom. The normalized spacial score (nSPS) is 17.8. The van der Waals surface area contributed by atoms with Gasteiger partial charge in [-0.25, -0.2) is 0 Å². The maximum Gasteiger partial charge on any atom is -0.0564 e. The molecule has 2 bridgehead atoms. The van der Waals surface area contributed by atoms with Gasteiger partial charge in [-0.15, -0.1) is 0 Å². The van der Waals surface area contributed by atoms with Gasteiger partial charge in [0.1, 0.15) is 0 Å². The van der Waals surface area contributed by atoms with Crippen LogP contribution in [0.2, 0.25) is 0 Å². The predicted octanol–water partition coefficient (Wildman–Crippen LogP) is 0.799. The van der Waals surface area contributed by atoms with Crippen molar-refractivity contribution in [2.24, 2.45) is 0 Å². The molecule has 3 aliphatic heterocycles. The fourth-order valence-corrected chi connectivity index (χ4v) is 3.18. The van der Waals surface area contributed by atoms with E-state index in [-0.39, 0.29) is 17.6 Å². The van der Waals surface area contributed by atoms with Crippen molar-refractivity contribution in [3.8, 4) is 0 Å². The molecular weight excluding hydrogens is 153 g/mol. The van der Waals surface area contributed by atoms with Crippen LogP contribution in [0.3, 0.4) is 0 Å². The van der Waals surface area contributed by atoms with Crippen molar-refractivity contribution in [1.82, 2.24) is 7.29 Å². The molecule has 0 unspecified atom stereocenters. The first-order valence-corrected chi connectivity index (χ1v) is 5.48. The van der Waals surface area contributed by atoms with E-state index in [0.717, 1.165) is 0 Å². The molecule has 3 aliphatic rings. The molecule has 0 aromatic carbocycles. The largest absolute Gasteiger partial charge is 0.0654 e. The summed E-state index contributed by atoms with van der Waals surface area (Å²) in [5.74, 6) is 0. The van der Waals surface area contributed by atoms with Gasteiger partial charge >= 0.3 is 44.0 Å². The molecule has 0 spiro atoms. The Morgan fingerprint density at radius 3 is 1.88 bits per heavy atom. The Bertz CT molecular complexity index is 86.6. The number of hydrogen-bond donors (Lipinski definition) is 0. The van der Waals surface area contributed by atoms with Gasteiger partial charge in [0.05, 0.1) is 0 Å². The first kappa shape index (κ1) is 6.09. The third-order valence-corrected chi connectivity index (χ3v) is 4.46. The zero-order valence-electron chi connectivity index (χ0n) is 5.17. The summed E-state index contributed by atoms with van der Waals surface area (Å²) in [5.41, 5.74) is 0. The summed E-state index contributed by atoms with van der Waals surface area (Å²) in [5, 5.41) is 0. The van der Waals surface area contributed by atoms with E-state index in [1.54, 1.807) is 6.92 Å². The van der Waals surface area contributed by atoms with Crippen LogP contribution in [-0.4, -0.2) is 14.0 Å². The van der Waals surface area contributed by atoms with Gasteiger partial charge < -0.3 is 0 Å². The molecule has 0 aromatic rings. The predicted molar refractivity (Wildman–Crippen MR) is 28.7 cm³/mol. The summed E-state index contributed by atoms with van der Waals surface area (Å²) in [6, 6.07) is 0. The molecule has 0 atom stereocenters. The number of rotatable bonds is 0. The Kier molecular flexibility index (Phi) is 1.90.